The molecule has 2 N–H and O–H groups in total. The summed E-state index contributed by atoms with van der Waals surface area (Å²) < 4.78 is 0. The molecule has 2 aromatic carbocycles. The van der Waals surface area contributed by atoms with Crippen LogP contribution in [0.3, 0.4) is 0 Å². The van der Waals surface area contributed by atoms with Crippen LogP contribution in [0, 0.1) is 6.92 Å². The van der Waals surface area contributed by atoms with E-state index in [0.717, 1.165) is 24.3 Å². The Kier molecular flexibility index (Phi) is 6.75. The number of benzene rings is 2. The predicted molar refractivity (Wildman–Crippen MR) is 108 cm³/mol. The molecule has 0 aliphatic carbocycles. The number of thiocarbonyl (C=S) groups is 1. The molecule has 0 aliphatic rings. The lowest BCUT2D eigenvalue weighted by Crippen LogP contribution is -2.23. The fraction of sp³-hybridized carbons (Fsp3) is 0.263. The molecule has 5 heteroatoms. The molecule has 0 unspecified atom stereocenters. The van der Waals surface area contributed by atoms with Crippen molar-refractivity contribution < 1.29 is 0 Å². The Labute approximate surface area is 149 Å². The Balaban J connectivity index is 1.86. The Morgan fingerprint density at radius 1 is 1.04 bits per heavy atom. The molecule has 4 nitrogen and oxygen atoms in total. The molecule has 0 aromatic heterocycles. The first kappa shape index (κ1) is 17.9. The van der Waals surface area contributed by atoms with E-state index in [9.17, 15) is 0 Å². The van der Waals surface area contributed by atoms with Crippen LogP contribution in [0.25, 0.3) is 0 Å². The highest BCUT2D eigenvalue weighted by Crippen LogP contribution is 2.14. The van der Waals surface area contributed by atoms with Crippen LogP contribution in [-0.2, 0) is 0 Å². The molecule has 2 rings (SSSR count). The molecule has 126 valence electrons. The molecule has 0 fully saturated rings. The van der Waals surface area contributed by atoms with Gasteiger partial charge in [0.05, 0.1) is 6.21 Å². The maximum atomic E-state index is 5.23. The van der Waals surface area contributed by atoms with Crippen molar-refractivity contribution in [2.45, 2.75) is 20.8 Å². The summed E-state index contributed by atoms with van der Waals surface area (Å²) in [6.07, 6.45) is 1.76. The fourth-order valence-electron chi connectivity index (χ4n) is 2.32. The van der Waals surface area contributed by atoms with Crippen LogP contribution in [-0.4, -0.2) is 24.4 Å². The maximum absolute atomic E-state index is 5.23. The van der Waals surface area contributed by atoms with Crippen molar-refractivity contribution in [1.82, 2.24) is 5.43 Å². The molecule has 0 aliphatic heterocycles. The van der Waals surface area contributed by atoms with Gasteiger partial charge in [0.2, 0.25) is 0 Å². The van der Waals surface area contributed by atoms with Crippen LogP contribution < -0.4 is 15.6 Å². The summed E-state index contributed by atoms with van der Waals surface area (Å²) in [5, 5.41) is 7.74. The van der Waals surface area contributed by atoms with Crippen LogP contribution in [0.4, 0.5) is 11.4 Å². The van der Waals surface area contributed by atoms with E-state index < -0.39 is 0 Å². The quantitative estimate of drug-likeness (QED) is 0.470. The van der Waals surface area contributed by atoms with E-state index in [4.69, 9.17) is 12.2 Å². The predicted octanol–water partition coefficient (Wildman–Crippen LogP) is 4.16. The topological polar surface area (TPSA) is 39.7 Å². The summed E-state index contributed by atoms with van der Waals surface area (Å²) in [4.78, 5) is 2.31. The Hall–Kier alpha value is -2.40. The summed E-state index contributed by atoms with van der Waals surface area (Å²) in [5.41, 5.74) is 7.24. The summed E-state index contributed by atoms with van der Waals surface area (Å²) in [6.45, 7) is 8.38. The van der Waals surface area contributed by atoms with Gasteiger partial charge in [0.1, 0.15) is 0 Å². The minimum absolute atomic E-state index is 0.467. The van der Waals surface area contributed by atoms with Crippen LogP contribution in [0.1, 0.15) is 25.0 Å². The minimum atomic E-state index is 0.467. The van der Waals surface area contributed by atoms with E-state index in [1.165, 1.54) is 11.3 Å². The maximum Gasteiger partial charge on any atom is 0.191 e. The van der Waals surface area contributed by atoms with Crippen molar-refractivity contribution in [3.8, 4) is 0 Å². The molecule has 0 saturated heterocycles. The first-order chi connectivity index (χ1) is 11.6. The molecule has 0 bridgehead atoms. The molecule has 0 amide bonds. The second-order valence-electron chi connectivity index (χ2n) is 5.45. The number of aryl methyl sites for hydroxylation is 1. The lowest BCUT2D eigenvalue weighted by molar-refractivity contribution is 0.866. The first-order valence-electron chi connectivity index (χ1n) is 8.14. The molecular weight excluding hydrogens is 316 g/mol. The van der Waals surface area contributed by atoms with Crippen molar-refractivity contribution in [2.75, 3.05) is 23.3 Å². The summed E-state index contributed by atoms with van der Waals surface area (Å²) >= 11 is 5.23. The third-order valence-corrected chi connectivity index (χ3v) is 3.90. The highest BCUT2D eigenvalue weighted by atomic mass is 32.1. The van der Waals surface area contributed by atoms with Crippen molar-refractivity contribution in [3.63, 3.8) is 0 Å². The van der Waals surface area contributed by atoms with Gasteiger partial charge in [-0.05, 0) is 62.8 Å². The largest absolute Gasteiger partial charge is 0.372 e. The van der Waals surface area contributed by atoms with Crippen molar-refractivity contribution in [2.24, 2.45) is 5.10 Å². The average molecular weight is 340 g/mol. The smallest absolute Gasteiger partial charge is 0.191 e. The van der Waals surface area contributed by atoms with Crippen molar-refractivity contribution in [1.29, 1.82) is 0 Å². The van der Waals surface area contributed by atoms with Gasteiger partial charge in [0, 0.05) is 24.5 Å². The number of nitrogens with zero attached hydrogens (tertiary/aromatic N) is 2. The van der Waals surface area contributed by atoms with Gasteiger partial charge >= 0.3 is 0 Å². The number of rotatable bonds is 6. The SMILES string of the molecule is CCN(CC)c1ccc(/C=N\NC(=S)Nc2ccc(C)cc2)cc1. The second kappa shape index (κ2) is 9.03. The number of hydrazone groups is 1. The van der Waals surface area contributed by atoms with E-state index in [1.54, 1.807) is 6.21 Å². The third-order valence-electron chi connectivity index (χ3n) is 3.71. The third kappa shape index (κ3) is 5.35. The van der Waals surface area contributed by atoms with Crippen LogP contribution in [0.5, 0.6) is 0 Å². The van der Waals surface area contributed by atoms with E-state index in [2.05, 4.69) is 65.8 Å². The highest BCUT2D eigenvalue weighted by molar-refractivity contribution is 7.80. The van der Waals surface area contributed by atoms with Gasteiger partial charge in [-0.25, -0.2) is 0 Å². The van der Waals surface area contributed by atoms with Gasteiger partial charge in [-0.1, -0.05) is 29.8 Å². The van der Waals surface area contributed by atoms with Crippen LogP contribution in [0.2, 0.25) is 0 Å². The van der Waals surface area contributed by atoms with Gasteiger partial charge in [-0.15, -0.1) is 0 Å². The first-order valence-corrected chi connectivity index (χ1v) is 8.55. The van der Waals surface area contributed by atoms with E-state index in [0.29, 0.717) is 5.11 Å². The van der Waals surface area contributed by atoms with E-state index in [1.807, 2.05) is 24.3 Å². The summed E-state index contributed by atoms with van der Waals surface area (Å²) in [6, 6.07) is 16.4. The number of hydrogen-bond acceptors (Lipinski definition) is 3. The van der Waals surface area contributed by atoms with Gasteiger partial charge in [0.25, 0.3) is 0 Å². The van der Waals surface area contributed by atoms with E-state index in [-0.39, 0.29) is 0 Å². The van der Waals surface area contributed by atoms with Gasteiger partial charge < -0.3 is 10.2 Å². The van der Waals surface area contributed by atoms with Gasteiger partial charge in [-0.3, -0.25) is 5.43 Å². The van der Waals surface area contributed by atoms with Crippen molar-refractivity contribution >= 4 is 34.9 Å². The molecule has 0 saturated carbocycles. The normalized spacial score (nSPS) is 10.6. The molecular formula is C19H24N4S. The lowest BCUT2D eigenvalue weighted by Gasteiger charge is -2.20. The number of hydrogen-bond donors (Lipinski definition) is 2. The molecule has 0 radical (unpaired) electrons. The number of nitrogens with one attached hydrogen (secondary N) is 2. The van der Waals surface area contributed by atoms with E-state index >= 15 is 0 Å². The van der Waals surface area contributed by atoms with Crippen molar-refractivity contribution in [3.05, 3.63) is 59.7 Å². The molecule has 24 heavy (non-hydrogen) atoms. The van der Waals surface area contributed by atoms with Gasteiger partial charge in [0.15, 0.2) is 5.11 Å². The minimum Gasteiger partial charge on any atom is -0.372 e. The summed E-state index contributed by atoms with van der Waals surface area (Å²) in [5.74, 6) is 0. The average Bonchev–Trinajstić information content (AvgIpc) is 2.59. The second-order valence-corrected chi connectivity index (χ2v) is 5.86. The zero-order valence-electron chi connectivity index (χ0n) is 14.4. The molecule has 0 atom stereocenters. The lowest BCUT2D eigenvalue weighted by atomic mass is 10.2. The Morgan fingerprint density at radius 3 is 2.25 bits per heavy atom. The highest BCUT2D eigenvalue weighted by Gasteiger charge is 2.00. The number of anilines is 2. The fourth-order valence-corrected chi connectivity index (χ4v) is 2.49. The molecule has 0 spiro atoms. The molecule has 2 aromatic rings. The zero-order chi connectivity index (χ0) is 17.4. The Morgan fingerprint density at radius 2 is 1.67 bits per heavy atom. The molecule has 0 heterocycles. The zero-order valence-corrected chi connectivity index (χ0v) is 15.2. The Bertz CT molecular complexity index is 674. The summed E-state index contributed by atoms with van der Waals surface area (Å²) in [7, 11) is 0. The van der Waals surface area contributed by atoms with Crippen LogP contribution in [0.15, 0.2) is 53.6 Å². The monoisotopic (exact) mass is 340 g/mol. The van der Waals surface area contributed by atoms with Crippen LogP contribution >= 0.6 is 12.2 Å². The standard InChI is InChI=1S/C19H24N4S/c1-4-23(5-2)18-12-8-16(9-13-18)14-20-22-19(24)21-17-10-6-15(3)7-11-17/h6-14H,4-5H2,1-3H3,(H2,21,22,24)/b20-14-. The van der Waals surface area contributed by atoms with Gasteiger partial charge in [-0.2, -0.15) is 5.10 Å².